The number of hydrogen-bond acceptors (Lipinski definition) is 0. The Morgan fingerprint density at radius 2 is 1.00 bits per heavy atom. The summed E-state index contributed by atoms with van der Waals surface area (Å²) in [4.78, 5) is 0. The van der Waals surface area contributed by atoms with Crippen molar-refractivity contribution in [2.75, 3.05) is 0 Å². The fraction of sp³-hybridized carbons (Fsp3) is 0. The molecule has 0 amide bonds. The minimum Gasteiger partial charge on any atom is -1.00 e. The van der Waals surface area contributed by atoms with Gasteiger partial charge < -0.3 is 17.1 Å². The Balaban J connectivity index is 0. The maximum absolute atomic E-state index is 0. The molecule has 0 aliphatic heterocycles. The van der Waals surface area contributed by atoms with Crippen molar-refractivity contribution in [3.05, 3.63) is 0 Å². The van der Waals surface area contributed by atoms with Crippen LogP contribution in [0.3, 0.4) is 0 Å². The molecule has 0 fully saturated rings. The van der Waals surface area contributed by atoms with Crippen molar-refractivity contribution in [2.24, 2.45) is 0 Å². The quantitative estimate of drug-likeness (QED) is 0.278. The first kappa shape index (κ1) is 34.1. The Morgan fingerprint density at radius 3 is 1.00 bits per heavy atom. The average molecular weight is 119 g/mol. The number of hydrogen-bond donors (Lipinski definition) is 0. The van der Waals surface area contributed by atoms with E-state index in [1.54, 1.807) is 0 Å². The molecule has 0 nitrogen and oxygen atoms in total. The zero-order valence-electron chi connectivity index (χ0n) is 2.17. The van der Waals surface area contributed by atoms with Crippen LogP contribution >= 0.6 is 0 Å². The van der Waals surface area contributed by atoms with Crippen LogP contribution in [-0.2, 0) is 0 Å². The summed E-state index contributed by atoms with van der Waals surface area (Å²) in [6.07, 6.45) is 0. The van der Waals surface area contributed by atoms with Gasteiger partial charge in [-0.05, 0) is 0 Å². The first-order valence-electron chi connectivity index (χ1n) is 0. The van der Waals surface area contributed by atoms with Crippen LogP contribution in [0.4, 0.5) is 0 Å². The second-order valence-corrected chi connectivity index (χ2v) is 0. The van der Waals surface area contributed by atoms with Crippen LogP contribution in [0.25, 0.3) is 0 Å². The molecule has 0 aliphatic rings. The average Bonchev–Trinajstić information content (AvgIpc) is 0. The summed E-state index contributed by atoms with van der Waals surface area (Å²) in [5, 5.41) is 0. The Kier molecular flexibility index (Phi) is 160. The molecule has 0 saturated carbocycles. The van der Waals surface area contributed by atoms with Crippen LogP contribution in [0.1, 0.15) is 0 Å². The number of rotatable bonds is 0. The molecule has 0 N–H and O–H groups in total. The van der Waals surface area contributed by atoms with Crippen molar-refractivity contribution in [1.82, 2.24) is 0 Å². The third kappa shape index (κ3) is 8.87. The van der Waals surface area contributed by atoms with Gasteiger partial charge in [0.1, 0.15) is 0 Å². The van der Waals surface area contributed by atoms with Crippen molar-refractivity contribution >= 4 is 60.8 Å². The minimum atomic E-state index is 0. The SMILES string of the molecule is [Ca+2].[Cl-].[F-].[Mg+2]. The molecule has 0 atom stereocenters. The van der Waals surface area contributed by atoms with Gasteiger partial charge in [-0.25, -0.2) is 0 Å². The fourth-order valence-corrected chi connectivity index (χ4v) is 0. The smallest absolute Gasteiger partial charge is 1.00 e. The van der Waals surface area contributed by atoms with Crippen LogP contribution < -0.4 is 17.1 Å². The Hall–Kier alpha value is 2.25. The van der Waals surface area contributed by atoms with Crippen LogP contribution in [0.5, 0.6) is 0 Å². The Labute approximate surface area is 76.6 Å². The van der Waals surface area contributed by atoms with Gasteiger partial charge in [-0.1, -0.05) is 0 Å². The molecule has 0 bridgehead atoms. The molecule has 4 heteroatoms. The first-order valence-corrected chi connectivity index (χ1v) is 0. The zero-order chi connectivity index (χ0) is 0. The summed E-state index contributed by atoms with van der Waals surface area (Å²) in [6.45, 7) is 0. The third-order valence-corrected chi connectivity index (χ3v) is 0. The molecule has 0 unspecified atom stereocenters. The van der Waals surface area contributed by atoms with Gasteiger partial charge >= 0.3 is 60.8 Å². The first-order chi connectivity index (χ1) is 0. The van der Waals surface area contributed by atoms with Crippen LogP contribution in [0, 0.1) is 0 Å². The van der Waals surface area contributed by atoms with Gasteiger partial charge in [0.15, 0.2) is 0 Å². The van der Waals surface area contributed by atoms with Crippen LogP contribution in [0.15, 0.2) is 0 Å². The molecule has 0 heterocycles. The second-order valence-electron chi connectivity index (χ2n) is 0. The number of halogens is 2. The van der Waals surface area contributed by atoms with Gasteiger partial charge in [0, 0.05) is 0 Å². The molecule has 0 spiro atoms. The molecule has 0 aliphatic carbocycles. The molecule has 0 aromatic carbocycles. The van der Waals surface area contributed by atoms with E-state index in [0.29, 0.717) is 0 Å². The van der Waals surface area contributed by atoms with Crippen LogP contribution in [-0.4, -0.2) is 60.8 Å². The summed E-state index contributed by atoms with van der Waals surface area (Å²) in [5.74, 6) is 0. The molecule has 16 valence electrons. The van der Waals surface area contributed by atoms with Crippen molar-refractivity contribution in [1.29, 1.82) is 0 Å². The van der Waals surface area contributed by atoms with Gasteiger partial charge in [-0.2, -0.15) is 0 Å². The molecular weight excluding hydrogens is 119 g/mol. The normalized spacial score (nSPS) is 0. The van der Waals surface area contributed by atoms with Gasteiger partial charge in [0.05, 0.1) is 0 Å². The predicted molar refractivity (Wildman–Crippen MR) is 11.5 cm³/mol. The van der Waals surface area contributed by atoms with E-state index >= 15 is 0 Å². The summed E-state index contributed by atoms with van der Waals surface area (Å²) in [7, 11) is 0. The van der Waals surface area contributed by atoms with E-state index in [9.17, 15) is 0 Å². The molecule has 0 rings (SSSR count). The summed E-state index contributed by atoms with van der Waals surface area (Å²) in [6, 6.07) is 0. The van der Waals surface area contributed by atoms with Gasteiger partial charge in [-0.3, -0.25) is 0 Å². The molecule has 4 heavy (non-hydrogen) atoms. The predicted octanol–water partition coefficient (Wildman–Crippen LogP) is -6.75. The van der Waals surface area contributed by atoms with E-state index in [1.165, 1.54) is 0 Å². The molecule has 0 radical (unpaired) electrons. The van der Waals surface area contributed by atoms with E-state index in [0.717, 1.165) is 0 Å². The van der Waals surface area contributed by atoms with Crippen LogP contribution in [0.2, 0.25) is 0 Å². The van der Waals surface area contributed by atoms with Crippen molar-refractivity contribution in [3.63, 3.8) is 0 Å². The topological polar surface area (TPSA) is 0 Å². The van der Waals surface area contributed by atoms with Gasteiger partial charge in [-0.15, -0.1) is 0 Å². The van der Waals surface area contributed by atoms with E-state index in [4.69, 9.17) is 0 Å². The van der Waals surface area contributed by atoms with Crippen molar-refractivity contribution < 1.29 is 17.1 Å². The third-order valence-electron chi connectivity index (χ3n) is 0. The second kappa shape index (κ2) is 18.7. The van der Waals surface area contributed by atoms with E-state index in [2.05, 4.69) is 0 Å². The van der Waals surface area contributed by atoms with Gasteiger partial charge in [0.25, 0.3) is 0 Å². The summed E-state index contributed by atoms with van der Waals surface area (Å²) >= 11 is 0. The minimum absolute atomic E-state index is 0. The molecular formula is CaClFMg+2. The zero-order valence-corrected chi connectivity index (χ0v) is 6.55. The standard InChI is InChI=1S/Ca.ClH.FH.Mg/h;2*1H;/q+2;;;+2/p-2. The van der Waals surface area contributed by atoms with Crippen molar-refractivity contribution in [3.8, 4) is 0 Å². The fourth-order valence-electron chi connectivity index (χ4n) is 0. The maximum atomic E-state index is 0. The summed E-state index contributed by atoms with van der Waals surface area (Å²) < 4.78 is 0. The van der Waals surface area contributed by atoms with Crippen molar-refractivity contribution in [2.45, 2.75) is 0 Å². The largest absolute Gasteiger partial charge is 2.00 e. The van der Waals surface area contributed by atoms with E-state index in [-0.39, 0.29) is 77.9 Å². The Morgan fingerprint density at radius 1 is 1.00 bits per heavy atom. The Bertz CT molecular complexity index is 8.00. The van der Waals surface area contributed by atoms with E-state index < -0.39 is 0 Å². The molecule has 0 aromatic rings. The van der Waals surface area contributed by atoms with Gasteiger partial charge in [0.2, 0.25) is 0 Å². The molecule has 0 aromatic heterocycles. The summed E-state index contributed by atoms with van der Waals surface area (Å²) in [5.41, 5.74) is 0. The van der Waals surface area contributed by atoms with E-state index in [1.807, 2.05) is 0 Å². The monoisotopic (exact) mass is 118 g/mol. The molecule has 0 saturated heterocycles. The maximum Gasteiger partial charge on any atom is 2.00 e.